The Bertz CT molecular complexity index is 747. The molecule has 2 rings (SSSR count). The fraction of sp³-hybridized carbons (Fsp3) is 0.350. The number of rotatable bonds is 10. The molecule has 8 heteroatoms. The molecule has 6 nitrogen and oxygen atoms in total. The molecule has 28 heavy (non-hydrogen) atoms. The van der Waals surface area contributed by atoms with E-state index in [2.05, 4.69) is 26.9 Å². The number of hydrogen-bond donors (Lipinski definition) is 3. The Morgan fingerprint density at radius 3 is 2.61 bits per heavy atom. The van der Waals surface area contributed by atoms with E-state index in [1.54, 1.807) is 6.26 Å². The molecule has 0 saturated heterocycles. The predicted octanol–water partition coefficient (Wildman–Crippen LogP) is 3.27. The molecule has 1 aromatic heterocycles. The van der Waals surface area contributed by atoms with Gasteiger partial charge in [0.2, 0.25) is 0 Å². The van der Waals surface area contributed by atoms with Crippen LogP contribution in [0, 0.1) is 0 Å². The summed E-state index contributed by atoms with van der Waals surface area (Å²) in [6, 6.07) is 9.56. The van der Waals surface area contributed by atoms with E-state index >= 15 is 0 Å². The zero-order chi connectivity index (χ0) is 20.4. The minimum Gasteiger partial charge on any atom is -0.469 e. The van der Waals surface area contributed by atoms with Crippen molar-refractivity contribution in [2.24, 2.45) is 4.99 Å². The highest BCUT2D eigenvalue weighted by atomic mass is 19.3. The van der Waals surface area contributed by atoms with E-state index in [9.17, 15) is 13.9 Å². The molecule has 0 fully saturated rings. The first-order valence-corrected chi connectivity index (χ1v) is 8.86. The van der Waals surface area contributed by atoms with Crippen molar-refractivity contribution in [3.63, 3.8) is 0 Å². The van der Waals surface area contributed by atoms with Gasteiger partial charge in [-0.3, -0.25) is 4.99 Å². The smallest absolute Gasteiger partial charge is 0.387 e. The Hall–Kier alpha value is -2.87. The standard InChI is InChI=1S/C20H25F2N3O3/c1-14(2)12-24-20(23-10-9-16-4-3-11-27-16)25-13-18(26)15-5-7-17(8-6-15)28-19(21)22/h3-8,11,18-19,26H,1,9-10,12-13H2,2H3,(H2,23,24,25). The Labute approximate surface area is 162 Å². The minimum absolute atomic E-state index is 0.0397. The number of ether oxygens (including phenoxy) is 1. The van der Waals surface area contributed by atoms with Gasteiger partial charge in [0, 0.05) is 19.5 Å². The normalized spacial score (nSPS) is 12.7. The molecule has 0 aliphatic rings. The van der Waals surface area contributed by atoms with Gasteiger partial charge in [0.05, 0.1) is 18.9 Å². The average molecular weight is 393 g/mol. The van der Waals surface area contributed by atoms with Gasteiger partial charge in [-0.25, -0.2) is 0 Å². The molecule has 1 atom stereocenters. The quantitative estimate of drug-likeness (QED) is 0.328. The number of aliphatic hydroxyl groups excluding tert-OH is 1. The van der Waals surface area contributed by atoms with E-state index in [0.717, 1.165) is 11.3 Å². The van der Waals surface area contributed by atoms with Gasteiger partial charge < -0.3 is 24.9 Å². The van der Waals surface area contributed by atoms with Crippen LogP contribution in [0.1, 0.15) is 24.4 Å². The van der Waals surface area contributed by atoms with Gasteiger partial charge in [-0.15, -0.1) is 0 Å². The van der Waals surface area contributed by atoms with Crippen molar-refractivity contribution in [1.29, 1.82) is 0 Å². The Balaban J connectivity index is 1.91. The third-order valence-corrected chi connectivity index (χ3v) is 3.71. The van der Waals surface area contributed by atoms with Crippen LogP contribution in [0.4, 0.5) is 8.78 Å². The summed E-state index contributed by atoms with van der Waals surface area (Å²) in [6.07, 6.45) is 1.43. The molecule has 1 unspecified atom stereocenters. The fourth-order valence-corrected chi connectivity index (χ4v) is 2.32. The van der Waals surface area contributed by atoms with Gasteiger partial charge >= 0.3 is 6.61 Å². The lowest BCUT2D eigenvalue weighted by Crippen LogP contribution is -2.39. The Morgan fingerprint density at radius 2 is 2.00 bits per heavy atom. The summed E-state index contributed by atoms with van der Waals surface area (Å²) in [5.41, 5.74) is 1.50. The number of aliphatic imine (C=N–C) groups is 1. The van der Waals surface area contributed by atoms with E-state index in [-0.39, 0.29) is 12.3 Å². The SMILES string of the molecule is C=C(C)CNC(=NCC(O)c1ccc(OC(F)F)cc1)NCCc1ccco1. The summed E-state index contributed by atoms with van der Waals surface area (Å²) in [5, 5.41) is 16.6. The summed E-state index contributed by atoms with van der Waals surface area (Å²) >= 11 is 0. The van der Waals surface area contributed by atoms with Crippen molar-refractivity contribution in [3.05, 3.63) is 66.1 Å². The van der Waals surface area contributed by atoms with Crippen LogP contribution in [0.3, 0.4) is 0 Å². The molecular weight excluding hydrogens is 368 g/mol. The van der Waals surface area contributed by atoms with Crippen molar-refractivity contribution in [2.45, 2.75) is 26.1 Å². The zero-order valence-electron chi connectivity index (χ0n) is 15.7. The van der Waals surface area contributed by atoms with Crippen LogP contribution in [0.5, 0.6) is 5.75 Å². The van der Waals surface area contributed by atoms with Crippen molar-refractivity contribution in [3.8, 4) is 5.75 Å². The van der Waals surface area contributed by atoms with Crippen LogP contribution in [0.2, 0.25) is 0 Å². The van der Waals surface area contributed by atoms with E-state index < -0.39 is 12.7 Å². The summed E-state index contributed by atoms with van der Waals surface area (Å²) in [7, 11) is 0. The summed E-state index contributed by atoms with van der Waals surface area (Å²) < 4.78 is 34.0. The van der Waals surface area contributed by atoms with Crippen LogP contribution in [-0.4, -0.2) is 37.3 Å². The molecule has 0 saturated carbocycles. The molecule has 0 amide bonds. The second kappa shape index (κ2) is 11.1. The number of halogens is 2. The molecule has 0 bridgehead atoms. The number of benzene rings is 1. The minimum atomic E-state index is -2.88. The lowest BCUT2D eigenvalue weighted by molar-refractivity contribution is -0.0498. The number of hydrogen-bond acceptors (Lipinski definition) is 4. The molecule has 0 radical (unpaired) electrons. The fourth-order valence-electron chi connectivity index (χ4n) is 2.32. The second-order valence-electron chi connectivity index (χ2n) is 6.22. The number of alkyl halides is 2. The second-order valence-corrected chi connectivity index (χ2v) is 6.22. The highest BCUT2D eigenvalue weighted by molar-refractivity contribution is 5.80. The van der Waals surface area contributed by atoms with Gasteiger partial charge in [-0.05, 0) is 36.8 Å². The highest BCUT2D eigenvalue weighted by Gasteiger charge is 2.10. The number of aliphatic hydroxyl groups is 1. The lowest BCUT2D eigenvalue weighted by Gasteiger charge is -2.14. The summed E-state index contributed by atoms with van der Waals surface area (Å²) in [6.45, 7) is 4.10. The molecular formula is C20H25F2N3O3. The molecule has 1 heterocycles. The first-order valence-electron chi connectivity index (χ1n) is 8.86. The third-order valence-electron chi connectivity index (χ3n) is 3.71. The first-order chi connectivity index (χ1) is 13.4. The van der Waals surface area contributed by atoms with Gasteiger partial charge in [-0.1, -0.05) is 24.3 Å². The number of guanidine groups is 1. The average Bonchev–Trinajstić information content (AvgIpc) is 3.16. The van der Waals surface area contributed by atoms with Crippen LogP contribution in [0.25, 0.3) is 0 Å². The highest BCUT2D eigenvalue weighted by Crippen LogP contribution is 2.19. The summed E-state index contributed by atoms with van der Waals surface area (Å²) in [4.78, 5) is 4.38. The molecule has 0 spiro atoms. The predicted molar refractivity (Wildman–Crippen MR) is 104 cm³/mol. The van der Waals surface area contributed by atoms with Crippen molar-refractivity contribution in [1.82, 2.24) is 10.6 Å². The van der Waals surface area contributed by atoms with Crippen LogP contribution >= 0.6 is 0 Å². The largest absolute Gasteiger partial charge is 0.469 e. The number of nitrogens with one attached hydrogen (secondary N) is 2. The molecule has 0 aliphatic heterocycles. The van der Waals surface area contributed by atoms with E-state index in [4.69, 9.17) is 4.42 Å². The van der Waals surface area contributed by atoms with Crippen molar-refractivity contribution >= 4 is 5.96 Å². The van der Waals surface area contributed by atoms with Crippen LogP contribution < -0.4 is 15.4 Å². The monoisotopic (exact) mass is 393 g/mol. The van der Waals surface area contributed by atoms with Crippen molar-refractivity contribution < 1.29 is 23.0 Å². The topological polar surface area (TPSA) is 79.0 Å². The molecule has 152 valence electrons. The lowest BCUT2D eigenvalue weighted by atomic mass is 10.1. The van der Waals surface area contributed by atoms with Gasteiger partial charge in [0.15, 0.2) is 5.96 Å². The van der Waals surface area contributed by atoms with Crippen LogP contribution in [0.15, 0.2) is 64.2 Å². The number of furan rings is 1. The van der Waals surface area contributed by atoms with Gasteiger partial charge in [0.1, 0.15) is 11.5 Å². The van der Waals surface area contributed by atoms with E-state index in [1.807, 2.05) is 19.1 Å². The molecule has 2 aromatic rings. The van der Waals surface area contributed by atoms with Crippen LogP contribution in [-0.2, 0) is 6.42 Å². The Morgan fingerprint density at radius 1 is 1.25 bits per heavy atom. The maximum Gasteiger partial charge on any atom is 0.387 e. The van der Waals surface area contributed by atoms with E-state index in [1.165, 1.54) is 24.3 Å². The third kappa shape index (κ3) is 7.79. The maximum atomic E-state index is 12.2. The van der Waals surface area contributed by atoms with E-state index in [0.29, 0.717) is 31.0 Å². The van der Waals surface area contributed by atoms with Gasteiger partial charge in [0.25, 0.3) is 0 Å². The summed E-state index contributed by atoms with van der Waals surface area (Å²) in [5.74, 6) is 1.43. The number of nitrogens with zero attached hydrogens (tertiary/aromatic N) is 1. The molecule has 3 N–H and O–H groups in total. The maximum absolute atomic E-state index is 12.2. The zero-order valence-corrected chi connectivity index (χ0v) is 15.7. The first kappa shape index (κ1) is 21.4. The Kier molecular flexibility index (Phi) is 8.48. The van der Waals surface area contributed by atoms with Crippen molar-refractivity contribution in [2.75, 3.05) is 19.6 Å². The molecule has 1 aromatic carbocycles. The van der Waals surface area contributed by atoms with Gasteiger partial charge in [-0.2, -0.15) is 8.78 Å². The molecule has 0 aliphatic carbocycles.